The fourth-order valence-corrected chi connectivity index (χ4v) is 3.52. The van der Waals surface area contributed by atoms with E-state index in [1.165, 1.54) is 0 Å². The van der Waals surface area contributed by atoms with E-state index in [0.717, 1.165) is 31.5 Å². The van der Waals surface area contributed by atoms with E-state index in [9.17, 15) is 4.79 Å². The minimum absolute atomic E-state index is 0.0322. The van der Waals surface area contributed by atoms with E-state index in [1.807, 2.05) is 31.2 Å². The highest BCUT2D eigenvalue weighted by molar-refractivity contribution is 6.31. The molecule has 8 heteroatoms. The summed E-state index contributed by atoms with van der Waals surface area (Å²) in [6.45, 7) is 5.54. The third-order valence-corrected chi connectivity index (χ3v) is 4.70. The molecule has 1 N–H and O–H groups in total. The van der Waals surface area contributed by atoms with Crippen molar-refractivity contribution in [3.63, 3.8) is 0 Å². The van der Waals surface area contributed by atoms with Gasteiger partial charge in [-0.05, 0) is 40.0 Å². The van der Waals surface area contributed by atoms with Gasteiger partial charge >= 0.3 is 6.09 Å². The van der Waals surface area contributed by atoms with Gasteiger partial charge in [-0.25, -0.2) is 4.79 Å². The van der Waals surface area contributed by atoms with Gasteiger partial charge in [0.2, 0.25) is 0 Å². The van der Waals surface area contributed by atoms with Gasteiger partial charge in [0.25, 0.3) is 0 Å². The lowest BCUT2D eigenvalue weighted by atomic mass is 9.85. The number of hydrogen-bond donors (Lipinski definition) is 1. The molecule has 0 unspecified atom stereocenters. The molecule has 7 nitrogen and oxygen atoms in total. The van der Waals surface area contributed by atoms with Gasteiger partial charge < -0.3 is 10.1 Å². The van der Waals surface area contributed by atoms with Crippen molar-refractivity contribution in [2.75, 3.05) is 0 Å². The molecule has 2 heterocycles. The second kappa shape index (κ2) is 7.12. The number of fused-ring (bicyclic) bond motifs is 1. The summed E-state index contributed by atoms with van der Waals surface area (Å²) in [5.41, 5.74) is 0.464. The van der Waals surface area contributed by atoms with Crippen LogP contribution >= 0.6 is 11.6 Å². The number of nitrogens with zero attached hydrogens (tertiary/aromatic N) is 4. The first-order chi connectivity index (χ1) is 12.3. The minimum Gasteiger partial charge on any atom is -0.444 e. The summed E-state index contributed by atoms with van der Waals surface area (Å²) in [4.78, 5) is 12.0. The van der Waals surface area contributed by atoms with Crippen molar-refractivity contribution in [1.82, 2.24) is 19.9 Å². The number of nitrogens with one attached hydrogen (secondary N) is 1. The van der Waals surface area contributed by atoms with Crippen LogP contribution in [0.2, 0.25) is 5.02 Å². The maximum atomic E-state index is 12.0. The smallest absolute Gasteiger partial charge is 0.407 e. The Morgan fingerprint density at radius 1 is 1.42 bits per heavy atom. The van der Waals surface area contributed by atoms with E-state index >= 15 is 0 Å². The number of alkyl carbamates (subject to hydrolysis) is 1. The Balaban J connectivity index is 1.76. The van der Waals surface area contributed by atoms with E-state index in [0.29, 0.717) is 16.2 Å². The quantitative estimate of drug-likeness (QED) is 0.861. The van der Waals surface area contributed by atoms with E-state index in [4.69, 9.17) is 21.6 Å². The molecule has 3 rings (SSSR count). The van der Waals surface area contributed by atoms with Crippen LogP contribution in [0.4, 0.5) is 4.79 Å². The molecule has 0 bridgehead atoms. The monoisotopic (exact) mass is 375 g/mol. The van der Waals surface area contributed by atoms with Gasteiger partial charge in [0.05, 0.1) is 10.6 Å². The number of nitriles is 1. The summed E-state index contributed by atoms with van der Waals surface area (Å²) < 4.78 is 7.18. The highest BCUT2D eigenvalue weighted by Gasteiger charge is 2.29. The van der Waals surface area contributed by atoms with Gasteiger partial charge in [-0.2, -0.15) is 5.26 Å². The van der Waals surface area contributed by atoms with E-state index in [-0.39, 0.29) is 12.0 Å². The summed E-state index contributed by atoms with van der Waals surface area (Å²) in [6.07, 6.45) is 4.91. The Morgan fingerprint density at radius 2 is 2.19 bits per heavy atom. The molecule has 2 aromatic rings. The zero-order chi connectivity index (χ0) is 18.9. The van der Waals surface area contributed by atoms with Crippen LogP contribution in [-0.4, -0.2) is 32.3 Å². The van der Waals surface area contributed by atoms with Gasteiger partial charge in [0.1, 0.15) is 17.5 Å². The van der Waals surface area contributed by atoms with Crippen molar-refractivity contribution in [3.05, 3.63) is 28.7 Å². The zero-order valence-corrected chi connectivity index (χ0v) is 15.9. The molecule has 26 heavy (non-hydrogen) atoms. The molecule has 2 aromatic heterocycles. The van der Waals surface area contributed by atoms with Crippen molar-refractivity contribution < 1.29 is 9.53 Å². The molecule has 0 aliphatic heterocycles. The van der Waals surface area contributed by atoms with E-state index in [1.54, 1.807) is 12.3 Å². The molecule has 1 aliphatic carbocycles. The molecular formula is C18H22ClN5O2. The molecule has 0 aromatic carbocycles. The van der Waals surface area contributed by atoms with Crippen LogP contribution in [-0.2, 0) is 4.74 Å². The first kappa shape index (κ1) is 18.5. The number of hydrogen-bond acceptors (Lipinski definition) is 5. The van der Waals surface area contributed by atoms with Crippen LogP contribution in [0.15, 0.2) is 12.3 Å². The second-order valence-electron chi connectivity index (χ2n) is 7.64. The van der Waals surface area contributed by atoms with Crippen molar-refractivity contribution in [2.24, 2.45) is 0 Å². The number of carbonyl (C=O) groups excluding carboxylic acids is 1. The van der Waals surface area contributed by atoms with E-state index in [2.05, 4.69) is 15.5 Å². The predicted octanol–water partition coefficient (Wildman–Crippen LogP) is 3.81. The Morgan fingerprint density at radius 3 is 2.88 bits per heavy atom. The van der Waals surface area contributed by atoms with Gasteiger partial charge in [0, 0.05) is 24.2 Å². The number of ether oxygens (including phenoxy) is 1. The lowest BCUT2D eigenvalue weighted by Crippen LogP contribution is -2.41. The van der Waals surface area contributed by atoms with Crippen LogP contribution < -0.4 is 5.32 Å². The Hall–Kier alpha value is -2.33. The fraction of sp³-hybridized carbons (Fsp3) is 0.556. The molecule has 1 fully saturated rings. The zero-order valence-electron chi connectivity index (χ0n) is 15.1. The van der Waals surface area contributed by atoms with Crippen LogP contribution in [0.5, 0.6) is 0 Å². The summed E-state index contributed by atoms with van der Waals surface area (Å²) >= 11 is 6.16. The predicted molar refractivity (Wildman–Crippen MR) is 97.1 cm³/mol. The van der Waals surface area contributed by atoms with Crippen molar-refractivity contribution in [2.45, 2.75) is 64.0 Å². The summed E-state index contributed by atoms with van der Waals surface area (Å²) in [7, 11) is 0. The summed E-state index contributed by atoms with van der Waals surface area (Å²) in [5.74, 6) is 0.963. The number of carbonyl (C=O) groups is 1. The Kier molecular flexibility index (Phi) is 5.05. The average Bonchev–Trinajstić information content (AvgIpc) is 2.95. The lowest BCUT2D eigenvalue weighted by Gasteiger charge is -2.30. The third kappa shape index (κ3) is 4.07. The molecule has 0 saturated heterocycles. The largest absolute Gasteiger partial charge is 0.444 e. The summed E-state index contributed by atoms with van der Waals surface area (Å²) in [6, 6.07) is 3.72. The maximum absolute atomic E-state index is 12.0. The molecule has 0 radical (unpaired) electrons. The molecule has 2 atom stereocenters. The highest BCUT2D eigenvalue weighted by Crippen LogP contribution is 2.33. The minimum atomic E-state index is -0.517. The molecule has 1 aliphatic rings. The first-order valence-corrected chi connectivity index (χ1v) is 9.08. The highest BCUT2D eigenvalue weighted by atomic mass is 35.5. The Bertz CT molecular complexity index is 865. The standard InChI is InChI=1S/C18H22ClN5O2/c1-18(2,3)26-17(25)21-13-6-4-5-11(7-13)16-23-22-15-8-12(9-20)14(19)10-24(15)16/h8,10-11,13H,4-7H2,1-3H3,(H,21,25)/t11-,13+/m0/s1. The topological polar surface area (TPSA) is 92.3 Å². The fourth-order valence-electron chi connectivity index (χ4n) is 3.32. The SMILES string of the molecule is CC(C)(C)OC(=O)N[C@@H]1CCC[C@H](c2nnc3cc(C#N)c(Cl)cn23)C1. The van der Waals surface area contributed by atoms with Crippen molar-refractivity contribution >= 4 is 23.3 Å². The number of aromatic nitrogens is 3. The van der Waals surface area contributed by atoms with Gasteiger partial charge in [-0.15, -0.1) is 10.2 Å². The Labute approximate surface area is 157 Å². The molecule has 138 valence electrons. The number of pyridine rings is 1. The van der Waals surface area contributed by atoms with Crippen LogP contribution in [0.1, 0.15) is 63.8 Å². The molecule has 1 amide bonds. The first-order valence-electron chi connectivity index (χ1n) is 8.70. The number of amides is 1. The molecule has 0 spiro atoms. The lowest BCUT2D eigenvalue weighted by molar-refractivity contribution is 0.0490. The van der Waals surface area contributed by atoms with Crippen LogP contribution in [0, 0.1) is 11.3 Å². The van der Waals surface area contributed by atoms with Crippen LogP contribution in [0.25, 0.3) is 5.65 Å². The van der Waals surface area contributed by atoms with Crippen molar-refractivity contribution in [3.8, 4) is 6.07 Å². The third-order valence-electron chi connectivity index (χ3n) is 4.40. The van der Waals surface area contributed by atoms with Gasteiger partial charge in [-0.1, -0.05) is 18.0 Å². The molecule has 1 saturated carbocycles. The molecular weight excluding hydrogens is 354 g/mol. The average molecular weight is 376 g/mol. The normalized spacial score (nSPS) is 20.6. The number of halogens is 1. The number of rotatable bonds is 2. The van der Waals surface area contributed by atoms with Gasteiger partial charge in [0.15, 0.2) is 5.65 Å². The second-order valence-corrected chi connectivity index (χ2v) is 8.05. The van der Waals surface area contributed by atoms with Gasteiger partial charge in [-0.3, -0.25) is 4.40 Å². The van der Waals surface area contributed by atoms with Crippen molar-refractivity contribution in [1.29, 1.82) is 5.26 Å². The van der Waals surface area contributed by atoms with E-state index < -0.39 is 11.7 Å². The maximum Gasteiger partial charge on any atom is 0.407 e. The summed E-state index contributed by atoms with van der Waals surface area (Å²) in [5, 5.41) is 20.9. The van der Waals surface area contributed by atoms with Crippen LogP contribution in [0.3, 0.4) is 0 Å².